The van der Waals surface area contributed by atoms with Gasteiger partial charge in [0, 0.05) is 18.2 Å². The molecule has 2 aromatic carbocycles. The second-order valence-corrected chi connectivity index (χ2v) is 5.42. The molecule has 2 aromatic rings. The Balaban J connectivity index is 2.00. The van der Waals surface area contributed by atoms with Crippen molar-refractivity contribution in [1.82, 2.24) is 4.90 Å². The summed E-state index contributed by atoms with van der Waals surface area (Å²) in [7, 11) is 1.72. The molecule has 1 fully saturated rings. The van der Waals surface area contributed by atoms with E-state index in [1.807, 2.05) is 6.07 Å². The Hall–Kier alpha value is -1.58. The van der Waals surface area contributed by atoms with E-state index in [-0.39, 0.29) is 6.61 Å². The van der Waals surface area contributed by atoms with E-state index in [2.05, 4.69) is 35.2 Å². The largest absolute Gasteiger partial charge is 0.496 e. The normalized spacial score (nSPS) is 19.6. The molecule has 0 aliphatic carbocycles. The molecule has 0 bridgehead atoms. The molecule has 1 heterocycles. The molecule has 1 aliphatic heterocycles. The fraction of sp³-hybridized carbons (Fsp3) is 0.412. The predicted octanol–water partition coefficient (Wildman–Crippen LogP) is 2.81. The SMILES string of the molecule is COc1ccc2ccccc2c1CN1CCCC1CO. The maximum absolute atomic E-state index is 9.48. The minimum Gasteiger partial charge on any atom is -0.496 e. The van der Waals surface area contributed by atoms with Crippen LogP contribution in [-0.4, -0.2) is 36.3 Å². The molecule has 1 N–H and O–H groups in total. The molecule has 20 heavy (non-hydrogen) atoms. The summed E-state index contributed by atoms with van der Waals surface area (Å²) >= 11 is 0. The number of methoxy groups -OCH3 is 1. The first-order chi connectivity index (χ1) is 9.83. The molecule has 3 heteroatoms. The van der Waals surface area contributed by atoms with Crippen molar-refractivity contribution in [3.05, 3.63) is 42.0 Å². The van der Waals surface area contributed by atoms with E-state index < -0.39 is 0 Å². The molecular formula is C17H21NO2. The monoisotopic (exact) mass is 271 g/mol. The Kier molecular flexibility index (Phi) is 3.90. The summed E-state index contributed by atoms with van der Waals surface area (Å²) in [6.07, 6.45) is 2.25. The van der Waals surface area contributed by atoms with Crippen LogP contribution in [0.3, 0.4) is 0 Å². The van der Waals surface area contributed by atoms with Gasteiger partial charge < -0.3 is 9.84 Å². The number of aliphatic hydroxyl groups excluding tert-OH is 1. The molecule has 3 nitrogen and oxygen atoms in total. The number of hydrogen-bond donors (Lipinski definition) is 1. The van der Waals surface area contributed by atoms with E-state index in [4.69, 9.17) is 4.74 Å². The van der Waals surface area contributed by atoms with Crippen molar-refractivity contribution in [3.8, 4) is 5.75 Å². The number of benzene rings is 2. The van der Waals surface area contributed by atoms with Gasteiger partial charge in [0.1, 0.15) is 5.75 Å². The molecule has 0 radical (unpaired) electrons. The quantitative estimate of drug-likeness (QED) is 0.928. The number of ether oxygens (including phenoxy) is 1. The molecular weight excluding hydrogens is 250 g/mol. The third kappa shape index (κ3) is 2.39. The Morgan fingerprint density at radius 1 is 1.25 bits per heavy atom. The lowest BCUT2D eigenvalue weighted by molar-refractivity contribution is 0.153. The summed E-state index contributed by atoms with van der Waals surface area (Å²) in [5.74, 6) is 0.937. The van der Waals surface area contributed by atoms with Crippen molar-refractivity contribution in [2.24, 2.45) is 0 Å². The van der Waals surface area contributed by atoms with Crippen LogP contribution in [0.25, 0.3) is 10.8 Å². The number of fused-ring (bicyclic) bond motifs is 1. The maximum Gasteiger partial charge on any atom is 0.123 e. The van der Waals surface area contributed by atoms with Gasteiger partial charge in [-0.05, 0) is 36.2 Å². The Morgan fingerprint density at radius 3 is 2.90 bits per heavy atom. The average molecular weight is 271 g/mol. The van der Waals surface area contributed by atoms with E-state index in [0.29, 0.717) is 6.04 Å². The topological polar surface area (TPSA) is 32.7 Å². The van der Waals surface area contributed by atoms with Crippen molar-refractivity contribution < 1.29 is 9.84 Å². The van der Waals surface area contributed by atoms with E-state index in [1.165, 1.54) is 16.3 Å². The van der Waals surface area contributed by atoms with Gasteiger partial charge in [-0.2, -0.15) is 0 Å². The van der Waals surface area contributed by atoms with Gasteiger partial charge >= 0.3 is 0 Å². The van der Waals surface area contributed by atoms with Gasteiger partial charge in [-0.15, -0.1) is 0 Å². The highest BCUT2D eigenvalue weighted by molar-refractivity contribution is 5.87. The van der Waals surface area contributed by atoms with Crippen molar-refractivity contribution in [2.75, 3.05) is 20.3 Å². The summed E-state index contributed by atoms with van der Waals surface area (Å²) < 4.78 is 5.54. The van der Waals surface area contributed by atoms with E-state index in [0.717, 1.165) is 31.7 Å². The molecule has 0 spiro atoms. The lowest BCUT2D eigenvalue weighted by Gasteiger charge is -2.24. The molecule has 1 unspecified atom stereocenters. The summed E-state index contributed by atoms with van der Waals surface area (Å²) in [5.41, 5.74) is 1.23. The second-order valence-electron chi connectivity index (χ2n) is 5.42. The minimum atomic E-state index is 0.243. The Morgan fingerprint density at radius 2 is 2.10 bits per heavy atom. The van der Waals surface area contributed by atoms with Crippen LogP contribution in [0.1, 0.15) is 18.4 Å². The fourth-order valence-electron chi connectivity index (χ4n) is 3.18. The first-order valence-electron chi connectivity index (χ1n) is 7.23. The van der Waals surface area contributed by atoms with Crippen LogP contribution in [0.15, 0.2) is 36.4 Å². The number of hydrogen-bond acceptors (Lipinski definition) is 3. The molecule has 0 saturated carbocycles. The van der Waals surface area contributed by atoms with Gasteiger partial charge in [-0.3, -0.25) is 4.90 Å². The zero-order valence-electron chi connectivity index (χ0n) is 11.9. The van der Waals surface area contributed by atoms with Crippen LogP contribution < -0.4 is 4.74 Å². The van der Waals surface area contributed by atoms with Crippen LogP contribution in [0, 0.1) is 0 Å². The van der Waals surface area contributed by atoms with Crippen LogP contribution in [0.5, 0.6) is 5.75 Å². The predicted molar refractivity (Wildman–Crippen MR) is 81.0 cm³/mol. The van der Waals surface area contributed by atoms with Crippen molar-refractivity contribution in [3.63, 3.8) is 0 Å². The third-order valence-corrected chi connectivity index (χ3v) is 4.29. The summed E-state index contributed by atoms with van der Waals surface area (Å²) in [6, 6.07) is 12.8. The number of aliphatic hydroxyl groups is 1. The Labute approximate surface area is 119 Å². The highest BCUT2D eigenvalue weighted by Crippen LogP contribution is 2.31. The number of rotatable bonds is 4. The van der Waals surface area contributed by atoms with Crippen molar-refractivity contribution in [2.45, 2.75) is 25.4 Å². The van der Waals surface area contributed by atoms with Gasteiger partial charge in [0.05, 0.1) is 13.7 Å². The summed E-state index contributed by atoms with van der Waals surface area (Å²) in [6.45, 7) is 2.14. The maximum atomic E-state index is 9.48. The Bertz CT molecular complexity index is 597. The van der Waals surface area contributed by atoms with Crippen LogP contribution in [0.4, 0.5) is 0 Å². The summed E-state index contributed by atoms with van der Waals surface area (Å²) in [5, 5.41) is 12.0. The van der Waals surface area contributed by atoms with E-state index in [1.54, 1.807) is 7.11 Å². The molecule has 1 atom stereocenters. The minimum absolute atomic E-state index is 0.243. The van der Waals surface area contributed by atoms with Crippen molar-refractivity contribution in [1.29, 1.82) is 0 Å². The van der Waals surface area contributed by atoms with Crippen LogP contribution in [-0.2, 0) is 6.54 Å². The highest BCUT2D eigenvalue weighted by atomic mass is 16.5. The zero-order valence-corrected chi connectivity index (χ0v) is 11.9. The molecule has 0 aromatic heterocycles. The highest BCUT2D eigenvalue weighted by Gasteiger charge is 2.25. The first kappa shape index (κ1) is 13.4. The smallest absolute Gasteiger partial charge is 0.123 e. The third-order valence-electron chi connectivity index (χ3n) is 4.29. The first-order valence-corrected chi connectivity index (χ1v) is 7.23. The van der Waals surface area contributed by atoms with Gasteiger partial charge in [0.15, 0.2) is 0 Å². The second kappa shape index (κ2) is 5.81. The van der Waals surface area contributed by atoms with Crippen LogP contribution in [0.2, 0.25) is 0 Å². The average Bonchev–Trinajstić information content (AvgIpc) is 2.95. The van der Waals surface area contributed by atoms with Gasteiger partial charge in [-0.25, -0.2) is 0 Å². The van der Waals surface area contributed by atoms with Crippen molar-refractivity contribution >= 4 is 10.8 Å². The van der Waals surface area contributed by atoms with Crippen LogP contribution >= 0.6 is 0 Å². The lowest BCUT2D eigenvalue weighted by Crippen LogP contribution is -2.31. The molecule has 1 saturated heterocycles. The summed E-state index contributed by atoms with van der Waals surface area (Å²) in [4.78, 5) is 2.37. The molecule has 106 valence electrons. The molecule has 3 rings (SSSR count). The number of nitrogens with zero attached hydrogens (tertiary/aromatic N) is 1. The molecule has 0 amide bonds. The van der Waals surface area contributed by atoms with Gasteiger partial charge in [0.2, 0.25) is 0 Å². The zero-order chi connectivity index (χ0) is 13.9. The number of likely N-dealkylation sites (tertiary alicyclic amines) is 1. The molecule has 1 aliphatic rings. The lowest BCUT2D eigenvalue weighted by atomic mass is 10.0. The standard InChI is InChI=1S/C17H21NO2/c1-20-17-9-8-13-5-2-3-7-15(13)16(17)11-18-10-4-6-14(18)12-19/h2-3,5,7-9,14,19H,4,6,10-12H2,1H3. The van der Waals surface area contributed by atoms with E-state index >= 15 is 0 Å². The van der Waals surface area contributed by atoms with Gasteiger partial charge in [0.25, 0.3) is 0 Å². The fourth-order valence-corrected chi connectivity index (χ4v) is 3.18. The van der Waals surface area contributed by atoms with E-state index in [9.17, 15) is 5.11 Å². The van der Waals surface area contributed by atoms with Gasteiger partial charge in [-0.1, -0.05) is 30.3 Å².